The van der Waals surface area contributed by atoms with E-state index in [9.17, 15) is 4.79 Å². The number of ketones is 1. The first kappa shape index (κ1) is 11.8. The third kappa shape index (κ3) is 3.14. The van der Waals surface area contributed by atoms with Gasteiger partial charge < -0.3 is 0 Å². The van der Waals surface area contributed by atoms with Gasteiger partial charge in [0.15, 0.2) is 5.78 Å². The second-order valence-corrected chi connectivity index (χ2v) is 5.07. The lowest BCUT2D eigenvalue weighted by Gasteiger charge is -2.03. The second-order valence-electron chi connectivity index (χ2n) is 3.05. The fourth-order valence-electron chi connectivity index (χ4n) is 1.09. The smallest absolute Gasteiger partial charge is 0.160 e. The molecule has 0 atom stereocenters. The van der Waals surface area contributed by atoms with Gasteiger partial charge in [0.05, 0.1) is 0 Å². The molecule has 1 aromatic rings. The number of thioether (sulfide) groups is 1. The van der Waals surface area contributed by atoms with Crippen LogP contribution in [0.25, 0.3) is 0 Å². The molecule has 0 unspecified atom stereocenters. The van der Waals surface area contributed by atoms with Crippen LogP contribution in [-0.2, 0) is 0 Å². The highest BCUT2D eigenvalue weighted by Crippen LogP contribution is 2.25. The van der Waals surface area contributed by atoms with Gasteiger partial charge in [0.1, 0.15) is 0 Å². The summed E-state index contributed by atoms with van der Waals surface area (Å²) in [4.78, 5) is 12.4. The van der Waals surface area contributed by atoms with Crippen LogP contribution in [0.4, 0.5) is 0 Å². The maximum Gasteiger partial charge on any atom is 0.160 e. The lowest BCUT2D eigenvalue weighted by atomic mass is 10.2. The van der Waals surface area contributed by atoms with Crippen molar-refractivity contribution in [1.82, 2.24) is 0 Å². The molecule has 0 fully saturated rings. The average molecular weight is 273 g/mol. The van der Waals surface area contributed by atoms with E-state index >= 15 is 0 Å². The van der Waals surface area contributed by atoms with Gasteiger partial charge in [0.2, 0.25) is 0 Å². The molecule has 0 bridgehead atoms. The van der Waals surface area contributed by atoms with Crippen LogP contribution in [0.15, 0.2) is 27.6 Å². The summed E-state index contributed by atoms with van der Waals surface area (Å²) >= 11 is 5.22. The molecule has 1 rings (SSSR count). The Kier molecular flexibility index (Phi) is 4.69. The second kappa shape index (κ2) is 5.56. The van der Waals surface area contributed by atoms with Crippen molar-refractivity contribution in [3.8, 4) is 0 Å². The van der Waals surface area contributed by atoms with E-state index < -0.39 is 0 Å². The van der Waals surface area contributed by atoms with Crippen LogP contribution < -0.4 is 0 Å². The molecular weight excluding hydrogens is 260 g/mol. The van der Waals surface area contributed by atoms with Crippen LogP contribution in [-0.4, -0.2) is 11.5 Å². The summed E-state index contributed by atoms with van der Waals surface area (Å²) in [5.41, 5.74) is 0.755. The van der Waals surface area contributed by atoms with Crippen LogP contribution in [0.2, 0.25) is 0 Å². The predicted molar refractivity (Wildman–Crippen MR) is 65.2 cm³/mol. The molecular formula is C11H13BrOS. The summed E-state index contributed by atoms with van der Waals surface area (Å²) in [7, 11) is 0. The minimum absolute atomic E-state index is 0.101. The molecule has 0 saturated heterocycles. The summed E-state index contributed by atoms with van der Waals surface area (Å²) < 4.78 is 0.895. The van der Waals surface area contributed by atoms with E-state index in [1.165, 1.54) is 4.90 Å². The molecule has 3 heteroatoms. The van der Waals surface area contributed by atoms with Gasteiger partial charge >= 0.3 is 0 Å². The number of rotatable bonds is 4. The highest BCUT2D eigenvalue weighted by molar-refractivity contribution is 9.10. The number of carbonyl (C=O) groups excluding carboxylic acids is 1. The highest BCUT2D eigenvalue weighted by atomic mass is 79.9. The fraction of sp³-hybridized carbons (Fsp3) is 0.364. The quantitative estimate of drug-likeness (QED) is 0.605. The SMILES string of the molecule is CCCSc1ccc(C(C)=O)c(Br)c1. The molecule has 76 valence electrons. The van der Waals surface area contributed by atoms with E-state index in [4.69, 9.17) is 0 Å². The molecule has 0 aliphatic heterocycles. The topological polar surface area (TPSA) is 17.1 Å². The average Bonchev–Trinajstić information content (AvgIpc) is 2.14. The Hall–Kier alpha value is -0.280. The molecule has 0 aliphatic carbocycles. The van der Waals surface area contributed by atoms with Gasteiger partial charge in [-0.1, -0.05) is 22.9 Å². The van der Waals surface area contributed by atoms with Gasteiger partial charge in [-0.3, -0.25) is 4.79 Å². The van der Waals surface area contributed by atoms with Gasteiger partial charge in [-0.15, -0.1) is 11.8 Å². The van der Waals surface area contributed by atoms with Crippen molar-refractivity contribution in [3.05, 3.63) is 28.2 Å². The monoisotopic (exact) mass is 272 g/mol. The van der Waals surface area contributed by atoms with Crippen molar-refractivity contribution in [1.29, 1.82) is 0 Å². The van der Waals surface area contributed by atoms with E-state index in [1.807, 2.05) is 30.0 Å². The standard InChI is InChI=1S/C11H13BrOS/c1-3-6-14-9-4-5-10(8(2)13)11(12)7-9/h4-5,7H,3,6H2,1-2H3. The normalized spacial score (nSPS) is 10.2. The lowest BCUT2D eigenvalue weighted by molar-refractivity contribution is 0.101. The van der Waals surface area contributed by atoms with Gasteiger partial charge in [-0.05, 0) is 37.3 Å². The van der Waals surface area contributed by atoms with E-state index in [2.05, 4.69) is 22.9 Å². The third-order valence-corrected chi connectivity index (χ3v) is 3.65. The largest absolute Gasteiger partial charge is 0.294 e. The van der Waals surface area contributed by atoms with E-state index in [-0.39, 0.29) is 5.78 Å². The molecule has 0 aliphatic rings. The summed E-state index contributed by atoms with van der Waals surface area (Å²) in [5.74, 6) is 1.22. The van der Waals surface area contributed by atoms with Crippen molar-refractivity contribution in [3.63, 3.8) is 0 Å². The molecule has 1 aromatic carbocycles. The number of benzene rings is 1. The summed E-state index contributed by atoms with van der Waals surface area (Å²) in [6, 6.07) is 5.89. The van der Waals surface area contributed by atoms with Gasteiger partial charge in [0.25, 0.3) is 0 Å². The van der Waals surface area contributed by atoms with Crippen LogP contribution in [0.3, 0.4) is 0 Å². The first-order valence-corrected chi connectivity index (χ1v) is 6.36. The minimum Gasteiger partial charge on any atom is -0.294 e. The third-order valence-electron chi connectivity index (χ3n) is 1.79. The molecule has 0 heterocycles. The Morgan fingerprint density at radius 2 is 2.21 bits per heavy atom. The van der Waals surface area contributed by atoms with E-state index in [0.29, 0.717) is 0 Å². The number of halogens is 1. The minimum atomic E-state index is 0.101. The van der Waals surface area contributed by atoms with Gasteiger partial charge in [-0.25, -0.2) is 0 Å². The molecule has 0 saturated carbocycles. The Morgan fingerprint density at radius 1 is 1.50 bits per heavy atom. The molecule has 0 aromatic heterocycles. The molecule has 0 spiro atoms. The Balaban J connectivity index is 2.83. The highest BCUT2D eigenvalue weighted by Gasteiger charge is 2.05. The Labute approximate surface area is 97.4 Å². The van der Waals surface area contributed by atoms with Crippen LogP contribution in [0, 0.1) is 0 Å². The van der Waals surface area contributed by atoms with Crippen LogP contribution >= 0.6 is 27.7 Å². The summed E-state index contributed by atoms with van der Waals surface area (Å²) in [6.45, 7) is 3.74. The first-order chi connectivity index (χ1) is 6.65. The predicted octanol–water partition coefficient (Wildman–Crippen LogP) is 4.15. The molecule has 14 heavy (non-hydrogen) atoms. The number of hydrogen-bond donors (Lipinski definition) is 0. The molecule has 0 radical (unpaired) electrons. The van der Waals surface area contributed by atoms with Gasteiger partial charge in [0, 0.05) is 14.9 Å². The lowest BCUT2D eigenvalue weighted by Crippen LogP contribution is -1.93. The van der Waals surface area contributed by atoms with E-state index in [0.717, 1.165) is 22.2 Å². The number of hydrogen-bond acceptors (Lipinski definition) is 2. The van der Waals surface area contributed by atoms with Crippen molar-refractivity contribution < 1.29 is 4.79 Å². The first-order valence-electron chi connectivity index (χ1n) is 4.58. The molecule has 1 nitrogen and oxygen atoms in total. The molecule has 0 amide bonds. The van der Waals surface area contributed by atoms with E-state index in [1.54, 1.807) is 6.92 Å². The van der Waals surface area contributed by atoms with Crippen LogP contribution in [0.5, 0.6) is 0 Å². The fourth-order valence-corrected chi connectivity index (χ4v) is 2.71. The zero-order valence-electron chi connectivity index (χ0n) is 8.34. The van der Waals surface area contributed by atoms with Crippen molar-refractivity contribution in [2.75, 3.05) is 5.75 Å². The van der Waals surface area contributed by atoms with Gasteiger partial charge in [-0.2, -0.15) is 0 Å². The summed E-state index contributed by atoms with van der Waals surface area (Å²) in [6.07, 6.45) is 1.16. The maximum absolute atomic E-state index is 11.2. The van der Waals surface area contributed by atoms with Crippen molar-refractivity contribution >= 4 is 33.5 Å². The molecule has 0 N–H and O–H groups in total. The number of Topliss-reactive ketones (excluding diaryl/α,β-unsaturated/α-hetero) is 1. The Bertz CT molecular complexity index is 336. The van der Waals surface area contributed by atoms with Crippen molar-refractivity contribution in [2.45, 2.75) is 25.2 Å². The maximum atomic E-state index is 11.2. The summed E-state index contributed by atoms with van der Waals surface area (Å²) in [5, 5.41) is 0. The van der Waals surface area contributed by atoms with Crippen LogP contribution in [0.1, 0.15) is 30.6 Å². The Morgan fingerprint density at radius 3 is 2.71 bits per heavy atom. The van der Waals surface area contributed by atoms with Crippen molar-refractivity contribution in [2.24, 2.45) is 0 Å². The number of carbonyl (C=O) groups is 1. The zero-order valence-corrected chi connectivity index (χ0v) is 10.7. The zero-order chi connectivity index (χ0) is 10.6.